The topological polar surface area (TPSA) is 93.7 Å². The van der Waals surface area contributed by atoms with Gasteiger partial charge in [0.25, 0.3) is 5.91 Å². The van der Waals surface area contributed by atoms with Gasteiger partial charge in [0.15, 0.2) is 11.5 Å². The summed E-state index contributed by atoms with van der Waals surface area (Å²) in [5.74, 6) is 1.08. The number of amides is 2. The van der Waals surface area contributed by atoms with E-state index in [-0.39, 0.29) is 36.9 Å². The van der Waals surface area contributed by atoms with Gasteiger partial charge in [0.2, 0.25) is 12.7 Å². The fourth-order valence-corrected chi connectivity index (χ4v) is 5.14. The first-order valence-electron chi connectivity index (χ1n) is 13.4. The molecule has 0 bridgehead atoms. The number of hydrogen-bond donors (Lipinski definition) is 1. The van der Waals surface area contributed by atoms with E-state index in [0.717, 1.165) is 36.8 Å². The number of aromatic nitrogens is 2. The van der Waals surface area contributed by atoms with E-state index < -0.39 is 6.04 Å². The highest BCUT2D eigenvalue weighted by molar-refractivity contribution is 5.96. The van der Waals surface area contributed by atoms with Crippen LogP contribution in [0.1, 0.15) is 85.1 Å². The Labute approximate surface area is 223 Å². The molecule has 0 radical (unpaired) electrons. The Bertz CT molecular complexity index is 1260. The van der Waals surface area contributed by atoms with E-state index >= 15 is 0 Å². The summed E-state index contributed by atoms with van der Waals surface area (Å²) in [7, 11) is 0. The van der Waals surface area contributed by atoms with Crippen molar-refractivity contribution < 1.29 is 19.1 Å². The first kappa shape index (κ1) is 25.7. The molecule has 8 heteroatoms. The lowest BCUT2D eigenvalue weighted by Gasteiger charge is -2.33. The van der Waals surface area contributed by atoms with Gasteiger partial charge >= 0.3 is 0 Å². The Kier molecular flexibility index (Phi) is 7.86. The minimum absolute atomic E-state index is 0.104. The number of benzene rings is 2. The summed E-state index contributed by atoms with van der Waals surface area (Å²) in [5, 5.41) is 3.26. The van der Waals surface area contributed by atoms with Gasteiger partial charge in [0, 0.05) is 25.0 Å². The van der Waals surface area contributed by atoms with Crippen molar-refractivity contribution in [3.63, 3.8) is 0 Å². The lowest BCUT2D eigenvalue weighted by atomic mass is 9.94. The van der Waals surface area contributed by atoms with E-state index in [4.69, 9.17) is 9.47 Å². The third-order valence-electron chi connectivity index (χ3n) is 7.26. The van der Waals surface area contributed by atoms with E-state index in [0.29, 0.717) is 17.4 Å². The lowest BCUT2D eigenvalue weighted by molar-refractivity contribution is -0.127. The number of nitrogens with one attached hydrogen (secondary N) is 1. The van der Waals surface area contributed by atoms with Crippen molar-refractivity contribution in [2.75, 3.05) is 6.79 Å². The lowest BCUT2D eigenvalue weighted by Crippen LogP contribution is -2.47. The van der Waals surface area contributed by atoms with Crippen LogP contribution in [0.4, 0.5) is 0 Å². The number of carbonyl (C=O) groups is 2. The Balaban J connectivity index is 1.54. The monoisotopic (exact) mass is 514 g/mol. The Morgan fingerprint density at radius 1 is 0.974 bits per heavy atom. The molecule has 198 valence electrons. The summed E-state index contributed by atoms with van der Waals surface area (Å²) in [6.07, 6.45) is 9.73. The van der Waals surface area contributed by atoms with Crippen molar-refractivity contribution in [2.45, 2.75) is 70.5 Å². The Morgan fingerprint density at radius 2 is 1.71 bits per heavy atom. The molecule has 2 amide bonds. The zero-order valence-corrected chi connectivity index (χ0v) is 21.9. The molecule has 1 N–H and O–H groups in total. The molecular weight excluding hydrogens is 480 g/mol. The zero-order valence-electron chi connectivity index (χ0n) is 21.9. The molecule has 2 heterocycles. The summed E-state index contributed by atoms with van der Waals surface area (Å²) < 4.78 is 11.0. The molecule has 1 atom stereocenters. The maximum Gasteiger partial charge on any atom is 0.275 e. The highest BCUT2D eigenvalue weighted by atomic mass is 16.7. The van der Waals surface area contributed by atoms with Gasteiger partial charge in [-0.25, -0.2) is 4.98 Å². The van der Waals surface area contributed by atoms with Crippen LogP contribution in [0.5, 0.6) is 11.5 Å². The van der Waals surface area contributed by atoms with Gasteiger partial charge < -0.3 is 19.7 Å². The van der Waals surface area contributed by atoms with E-state index in [1.54, 1.807) is 4.90 Å². The average Bonchev–Trinajstić information content (AvgIpc) is 3.42. The van der Waals surface area contributed by atoms with Crippen LogP contribution in [-0.4, -0.2) is 39.5 Å². The number of rotatable bonds is 8. The van der Waals surface area contributed by atoms with Gasteiger partial charge in [-0.1, -0.05) is 63.4 Å². The fraction of sp³-hybridized carbons (Fsp3) is 0.400. The standard InChI is InChI=1S/C30H34N4O4/c1-20(2)22-9-11-23(12-10-22)28(29(35)33-24-6-4-3-5-7-24)34(30(36)25-17-31-14-15-32-25)18-21-8-13-26-27(16-21)38-19-37-26/h8-17,20,24,28H,3-7,18-19H2,1-2H3,(H,33,35). The largest absolute Gasteiger partial charge is 0.454 e. The van der Waals surface area contributed by atoms with E-state index in [1.165, 1.54) is 30.6 Å². The zero-order chi connectivity index (χ0) is 26.5. The van der Waals surface area contributed by atoms with Gasteiger partial charge in [-0.05, 0) is 47.6 Å². The first-order chi connectivity index (χ1) is 18.5. The molecule has 0 saturated heterocycles. The maximum absolute atomic E-state index is 14.0. The van der Waals surface area contributed by atoms with Crippen LogP contribution >= 0.6 is 0 Å². The predicted octanol–water partition coefficient (Wildman–Crippen LogP) is 5.16. The van der Waals surface area contributed by atoms with Crippen LogP contribution < -0.4 is 14.8 Å². The molecule has 2 aromatic carbocycles. The molecular formula is C30H34N4O4. The van der Waals surface area contributed by atoms with Gasteiger partial charge in [0.05, 0.1) is 6.20 Å². The van der Waals surface area contributed by atoms with Gasteiger partial charge in [-0.15, -0.1) is 0 Å². The number of nitrogens with zero attached hydrogens (tertiary/aromatic N) is 3. The minimum Gasteiger partial charge on any atom is -0.454 e. The van der Waals surface area contributed by atoms with Crippen LogP contribution in [0.15, 0.2) is 61.1 Å². The molecule has 1 aromatic heterocycles. The molecule has 5 rings (SSSR count). The summed E-state index contributed by atoms with van der Waals surface area (Å²) >= 11 is 0. The molecule has 8 nitrogen and oxygen atoms in total. The molecule has 1 aliphatic heterocycles. The second kappa shape index (κ2) is 11.6. The highest BCUT2D eigenvalue weighted by Crippen LogP contribution is 2.34. The molecule has 1 saturated carbocycles. The number of fused-ring (bicyclic) bond motifs is 1. The Hall–Kier alpha value is -3.94. The molecule has 38 heavy (non-hydrogen) atoms. The average molecular weight is 515 g/mol. The second-order valence-corrected chi connectivity index (χ2v) is 10.3. The molecule has 3 aromatic rings. The predicted molar refractivity (Wildman–Crippen MR) is 143 cm³/mol. The summed E-state index contributed by atoms with van der Waals surface area (Å²) in [5.41, 5.74) is 2.92. The SMILES string of the molecule is CC(C)c1ccc(C(C(=O)NC2CCCCC2)N(Cc2ccc3c(c2)OCO3)C(=O)c2cnccn2)cc1. The smallest absolute Gasteiger partial charge is 0.275 e. The van der Waals surface area contributed by atoms with Crippen LogP contribution in [0.3, 0.4) is 0 Å². The van der Waals surface area contributed by atoms with Crippen molar-refractivity contribution in [2.24, 2.45) is 0 Å². The van der Waals surface area contributed by atoms with Crippen molar-refractivity contribution in [1.82, 2.24) is 20.2 Å². The second-order valence-electron chi connectivity index (χ2n) is 10.3. The molecule has 2 aliphatic rings. The van der Waals surface area contributed by atoms with Crippen molar-refractivity contribution in [1.29, 1.82) is 0 Å². The third kappa shape index (κ3) is 5.79. The molecule has 1 unspecified atom stereocenters. The Morgan fingerprint density at radius 3 is 2.42 bits per heavy atom. The van der Waals surface area contributed by atoms with Gasteiger partial charge in [-0.3, -0.25) is 14.6 Å². The van der Waals surface area contributed by atoms with Crippen LogP contribution in [0.25, 0.3) is 0 Å². The number of hydrogen-bond acceptors (Lipinski definition) is 6. The summed E-state index contributed by atoms with van der Waals surface area (Å²) in [6, 6.07) is 12.8. The van der Waals surface area contributed by atoms with Crippen LogP contribution in [0, 0.1) is 0 Å². The maximum atomic E-state index is 14.0. The van der Waals surface area contributed by atoms with Crippen molar-refractivity contribution in [3.8, 4) is 11.5 Å². The van der Waals surface area contributed by atoms with Crippen LogP contribution in [-0.2, 0) is 11.3 Å². The third-order valence-corrected chi connectivity index (χ3v) is 7.26. The van der Waals surface area contributed by atoms with Crippen molar-refractivity contribution in [3.05, 3.63) is 83.4 Å². The van der Waals surface area contributed by atoms with Crippen molar-refractivity contribution >= 4 is 11.8 Å². The highest BCUT2D eigenvalue weighted by Gasteiger charge is 2.34. The van der Waals surface area contributed by atoms with E-state index in [2.05, 4.69) is 29.1 Å². The molecule has 1 fully saturated rings. The van der Waals surface area contributed by atoms with E-state index in [1.807, 2.05) is 42.5 Å². The first-order valence-corrected chi connectivity index (χ1v) is 13.4. The van der Waals surface area contributed by atoms with E-state index in [9.17, 15) is 9.59 Å². The number of ether oxygens (including phenoxy) is 2. The number of carbonyl (C=O) groups excluding carboxylic acids is 2. The van der Waals surface area contributed by atoms with Gasteiger partial charge in [-0.2, -0.15) is 0 Å². The molecule has 0 spiro atoms. The fourth-order valence-electron chi connectivity index (χ4n) is 5.14. The normalized spacial score (nSPS) is 15.8. The molecule has 1 aliphatic carbocycles. The minimum atomic E-state index is -0.849. The van der Waals surface area contributed by atoms with Gasteiger partial charge in [0.1, 0.15) is 11.7 Å². The quantitative estimate of drug-likeness (QED) is 0.446. The summed E-state index contributed by atoms with van der Waals surface area (Å²) in [4.78, 5) is 37.9. The van der Waals surface area contributed by atoms with Crippen LogP contribution in [0.2, 0.25) is 0 Å². The summed E-state index contributed by atoms with van der Waals surface area (Å²) in [6.45, 7) is 4.61.